The van der Waals surface area contributed by atoms with E-state index in [9.17, 15) is 0 Å². The highest BCUT2D eigenvalue weighted by Gasteiger charge is 2.25. The van der Waals surface area contributed by atoms with Crippen LogP contribution in [0.1, 0.15) is 22.7 Å². The van der Waals surface area contributed by atoms with Crippen molar-refractivity contribution in [3.63, 3.8) is 0 Å². The highest BCUT2D eigenvalue weighted by atomic mass is 16.5. The molecule has 98 valence electrons. The fourth-order valence-corrected chi connectivity index (χ4v) is 2.94. The molecule has 0 saturated heterocycles. The van der Waals surface area contributed by atoms with E-state index in [-0.39, 0.29) is 0 Å². The van der Waals surface area contributed by atoms with Gasteiger partial charge in [0.25, 0.3) is 0 Å². The molecule has 0 aliphatic carbocycles. The standard InChI is InChI=1S/C17H19NO/c1-18-11-10-13-6-3-4-9-16(13)17(18)14-7-5-8-15(12-14)19-2/h3-9,12,17H,10-11H2,1-2H3. The second-order valence-electron chi connectivity index (χ2n) is 5.11. The van der Waals surface area contributed by atoms with Gasteiger partial charge in [0.1, 0.15) is 5.75 Å². The Labute approximate surface area is 114 Å². The van der Waals surface area contributed by atoms with Crippen molar-refractivity contribution >= 4 is 0 Å². The number of methoxy groups -OCH3 is 1. The topological polar surface area (TPSA) is 12.5 Å². The Morgan fingerprint density at radius 1 is 1.11 bits per heavy atom. The largest absolute Gasteiger partial charge is 0.497 e. The average molecular weight is 253 g/mol. The van der Waals surface area contributed by atoms with Crippen LogP contribution in [0.3, 0.4) is 0 Å². The van der Waals surface area contributed by atoms with E-state index in [0.717, 1.165) is 18.7 Å². The smallest absolute Gasteiger partial charge is 0.119 e. The molecule has 1 aliphatic heterocycles. The molecule has 2 heteroatoms. The lowest BCUT2D eigenvalue weighted by atomic mass is 9.88. The van der Waals surface area contributed by atoms with Crippen molar-refractivity contribution in [2.45, 2.75) is 12.5 Å². The van der Waals surface area contributed by atoms with Crippen molar-refractivity contribution < 1.29 is 4.74 Å². The molecule has 0 bridgehead atoms. The van der Waals surface area contributed by atoms with Gasteiger partial charge in [-0.2, -0.15) is 0 Å². The third-order valence-corrected chi connectivity index (χ3v) is 3.93. The van der Waals surface area contributed by atoms with Gasteiger partial charge in [-0.25, -0.2) is 0 Å². The molecule has 1 unspecified atom stereocenters. The number of hydrogen-bond donors (Lipinski definition) is 0. The van der Waals surface area contributed by atoms with Crippen LogP contribution in [-0.2, 0) is 6.42 Å². The molecule has 2 aromatic rings. The highest BCUT2D eigenvalue weighted by molar-refractivity contribution is 5.41. The maximum Gasteiger partial charge on any atom is 0.119 e. The van der Waals surface area contributed by atoms with Crippen molar-refractivity contribution in [2.75, 3.05) is 20.7 Å². The van der Waals surface area contributed by atoms with Gasteiger partial charge in [-0.1, -0.05) is 36.4 Å². The summed E-state index contributed by atoms with van der Waals surface area (Å²) in [4.78, 5) is 2.41. The first-order chi connectivity index (χ1) is 9.29. The van der Waals surface area contributed by atoms with Gasteiger partial charge in [0.05, 0.1) is 13.2 Å². The molecule has 19 heavy (non-hydrogen) atoms. The van der Waals surface area contributed by atoms with E-state index in [2.05, 4.69) is 54.4 Å². The maximum atomic E-state index is 5.35. The summed E-state index contributed by atoms with van der Waals surface area (Å²) in [5, 5.41) is 0. The summed E-state index contributed by atoms with van der Waals surface area (Å²) in [7, 11) is 3.91. The molecule has 0 aromatic heterocycles. The normalized spacial score (nSPS) is 18.9. The Bertz CT molecular complexity index is 579. The third kappa shape index (κ3) is 2.24. The minimum atomic E-state index is 0.333. The van der Waals surface area contributed by atoms with Gasteiger partial charge in [-0.05, 0) is 42.3 Å². The van der Waals surface area contributed by atoms with Crippen LogP contribution in [-0.4, -0.2) is 25.6 Å². The van der Waals surface area contributed by atoms with Crippen LogP contribution >= 0.6 is 0 Å². The van der Waals surface area contributed by atoms with E-state index in [1.807, 2.05) is 6.07 Å². The minimum Gasteiger partial charge on any atom is -0.497 e. The number of nitrogens with zero attached hydrogens (tertiary/aromatic N) is 1. The summed E-state index contributed by atoms with van der Waals surface area (Å²) in [6.07, 6.45) is 1.13. The van der Waals surface area contributed by atoms with E-state index in [4.69, 9.17) is 4.74 Å². The number of hydrogen-bond acceptors (Lipinski definition) is 2. The fraction of sp³-hybridized carbons (Fsp3) is 0.294. The van der Waals surface area contributed by atoms with Gasteiger partial charge in [-0.3, -0.25) is 4.90 Å². The van der Waals surface area contributed by atoms with Gasteiger partial charge in [0, 0.05) is 6.54 Å². The van der Waals surface area contributed by atoms with Crippen molar-refractivity contribution in [2.24, 2.45) is 0 Å². The lowest BCUT2D eigenvalue weighted by Crippen LogP contribution is -2.32. The zero-order chi connectivity index (χ0) is 13.2. The minimum absolute atomic E-state index is 0.333. The number of likely N-dealkylation sites (N-methyl/N-ethyl adjacent to an activating group) is 1. The quantitative estimate of drug-likeness (QED) is 0.814. The molecule has 3 rings (SSSR count). The second kappa shape index (κ2) is 5.06. The molecule has 1 heterocycles. The second-order valence-corrected chi connectivity index (χ2v) is 5.11. The van der Waals surface area contributed by atoms with Crippen molar-refractivity contribution in [3.8, 4) is 5.75 Å². The zero-order valence-electron chi connectivity index (χ0n) is 11.5. The zero-order valence-corrected chi connectivity index (χ0v) is 11.5. The molecule has 0 radical (unpaired) electrons. The molecule has 0 amide bonds. The van der Waals surface area contributed by atoms with Crippen LogP contribution in [0.2, 0.25) is 0 Å². The molecule has 0 fully saturated rings. The molecule has 0 spiro atoms. The van der Waals surface area contributed by atoms with Crippen molar-refractivity contribution in [1.29, 1.82) is 0 Å². The van der Waals surface area contributed by atoms with Gasteiger partial charge in [-0.15, -0.1) is 0 Å². The van der Waals surface area contributed by atoms with E-state index in [1.54, 1.807) is 7.11 Å². The summed E-state index contributed by atoms with van der Waals surface area (Å²) in [6.45, 7) is 1.10. The SMILES string of the molecule is COc1cccc(C2c3ccccc3CCN2C)c1. The summed E-state index contributed by atoms with van der Waals surface area (Å²) in [6, 6.07) is 17.5. The number of fused-ring (bicyclic) bond motifs is 1. The number of benzene rings is 2. The number of ether oxygens (including phenoxy) is 1. The lowest BCUT2D eigenvalue weighted by Gasteiger charge is -2.35. The highest BCUT2D eigenvalue weighted by Crippen LogP contribution is 2.34. The van der Waals surface area contributed by atoms with Gasteiger partial charge in [0.15, 0.2) is 0 Å². The molecule has 2 nitrogen and oxygen atoms in total. The van der Waals surface area contributed by atoms with Crippen LogP contribution in [0.25, 0.3) is 0 Å². The van der Waals surface area contributed by atoms with E-state index < -0.39 is 0 Å². The van der Waals surface area contributed by atoms with Crippen LogP contribution < -0.4 is 4.74 Å². The molecule has 0 saturated carbocycles. The number of rotatable bonds is 2. The van der Waals surface area contributed by atoms with E-state index >= 15 is 0 Å². The van der Waals surface area contributed by atoms with Crippen LogP contribution in [0.15, 0.2) is 48.5 Å². The van der Waals surface area contributed by atoms with Gasteiger partial charge >= 0.3 is 0 Å². The Morgan fingerprint density at radius 3 is 2.79 bits per heavy atom. The third-order valence-electron chi connectivity index (χ3n) is 3.93. The Balaban J connectivity index is 2.07. The first kappa shape index (κ1) is 12.2. The van der Waals surface area contributed by atoms with Gasteiger partial charge in [0.2, 0.25) is 0 Å². The monoisotopic (exact) mass is 253 g/mol. The first-order valence-corrected chi connectivity index (χ1v) is 6.71. The molecular formula is C17H19NO. The summed E-state index contributed by atoms with van der Waals surface area (Å²) in [5.41, 5.74) is 4.19. The Kier molecular flexibility index (Phi) is 3.26. The fourth-order valence-electron chi connectivity index (χ4n) is 2.94. The Morgan fingerprint density at radius 2 is 1.95 bits per heavy atom. The molecule has 2 aromatic carbocycles. The predicted octanol–water partition coefficient (Wildman–Crippen LogP) is 3.27. The molecule has 0 N–H and O–H groups in total. The van der Waals surface area contributed by atoms with E-state index in [1.165, 1.54) is 16.7 Å². The summed E-state index contributed by atoms with van der Waals surface area (Å²) >= 11 is 0. The lowest BCUT2D eigenvalue weighted by molar-refractivity contribution is 0.264. The van der Waals surface area contributed by atoms with Crippen molar-refractivity contribution in [3.05, 3.63) is 65.2 Å². The van der Waals surface area contributed by atoms with Gasteiger partial charge < -0.3 is 4.74 Å². The van der Waals surface area contributed by atoms with Crippen LogP contribution in [0.5, 0.6) is 5.75 Å². The maximum absolute atomic E-state index is 5.35. The first-order valence-electron chi connectivity index (χ1n) is 6.71. The summed E-state index contributed by atoms with van der Waals surface area (Å²) in [5.74, 6) is 0.925. The van der Waals surface area contributed by atoms with Crippen molar-refractivity contribution in [1.82, 2.24) is 4.90 Å². The van der Waals surface area contributed by atoms with Crippen LogP contribution in [0, 0.1) is 0 Å². The van der Waals surface area contributed by atoms with E-state index in [0.29, 0.717) is 6.04 Å². The molecule has 1 aliphatic rings. The molecule has 1 atom stereocenters. The van der Waals surface area contributed by atoms with Crippen LogP contribution in [0.4, 0.5) is 0 Å². The average Bonchev–Trinajstić information content (AvgIpc) is 2.47. The molecular weight excluding hydrogens is 234 g/mol. The summed E-state index contributed by atoms with van der Waals surface area (Å²) < 4.78 is 5.35. The predicted molar refractivity (Wildman–Crippen MR) is 77.6 cm³/mol. The Hall–Kier alpha value is -1.80.